The second-order valence-electron chi connectivity index (χ2n) is 10.5. The Balaban J connectivity index is 1.18. The Labute approximate surface area is 205 Å². The monoisotopic (exact) mass is 479 g/mol. The van der Waals surface area contributed by atoms with Crippen LogP contribution in [0.1, 0.15) is 72.1 Å². The maximum absolute atomic E-state index is 13.1. The van der Waals surface area contributed by atoms with Crippen molar-refractivity contribution in [1.82, 2.24) is 9.80 Å². The van der Waals surface area contributed by atoms with Crippen LogP contribution in [-0.2, 0) is 14.4 Å². The van der Waals surface area contributed by atoms with E-state index < -0.39 is 17.9 Å². The summed E-state index contributed by atoms with van der Waals surface area (Å²) in [5.41, 5.74) is 1.64. The molecule has 0 spiro atoms. The predicted molar refractivity (Wildman–Crippen MR) is 129 cm³/mol. The summed E-state index contributed by atoms with van der Waals surface area (Å²) in [6, 6.07) is 4.57. The van der Waals surface area contributed by atoms with Gasteiger partial charge < -0.3 is 14.6 Å². The molecule has 0 radical (unpaired) electrons. The van der Waals surface area contributed by atoms with Gasteiger partial charge in [0.15, 0.2) is 5.78 Å². The van der Waals surface area contributed by atoms with E-state index in [2.05, 4.69) is 9.80 Å². The number of imide groups is 1. The van der Waals surface area contributed by atoms with Gasteiger partial charge in [0.2, 0.25) is 0 Å². The number of ketones is 2. The third-order valence-electron chi connectivity index (χ3n) is 8.29. The van der Waals surface area contributed by atoms with Crippen LogP contribution >= 0.6 is 0 Å². The van der Waals surface area contributed by atoms with Crippen molar-refractivity contribution in [1.29, 1.82) is 0 Å². The summed E-state index contributed by atoms with van der Waals surface area (Å²) in [5.74, 6) is -0.133. The number of nitrogens with zero attached hydrogens (tertiary/aromatic N) is 3. The van der Waals surface area contributed by atoms with Crippen LogP contribution in [-0.4, -0.2) is 78.2 Å². The van der Waals surface area contributed by atoms with Gasteiger partial charge in [0.05, 0.1) is 23.6 Å². The molecule has 1 saturated carbocycles. The highest BCUT2D eigenvalue weighted by molar-refractivity contribution is 6.24. The Morgan fingerprint density at radius 2 is 1.51 bits per heavy atom. The number of carbonyl (C=O) groups is 5. The van der Waals surface area contributed by atoms with Gasteiger partial charge in [0.1, 0.15) is 12.1 Å². The summed E-state index contributed by atoms with van der Waals surface area (Å²) in [7, 11) is 0. The second-order valence-corrected chi connectivity index (χ2v) is 10.5. The van der Waals surface area contributed by atoms with Crippen molar-refractivity contribution in [2.75, 3.05) is 37.6 Å². The summed E-state index contributed by atoms with van der Waals surface area (Å²) in [6.45, 7) is 5.06. The number of Topliss-reactive ketones (excluding diaryl/α,β-unsaturated/α-hetero) is 2. The minimum atomic E-state index is -0.831. The number of hydrogen-bond acceptors (Lipinski definition) is 7. The van der Waals surface area contributed by atoms with Crippen molar-refractivity contribution in [3.8, 4) is 0 Å². The van der Waals surface area contributed by atoms with Crippen molar-refractivity contribution in [2.45, 2.75) is 57.4 Å². The molecule has 8 nitrogen and oxygen atoms in total. The highest BCUT2D eigenvalue weighted by atomic mass is 16.2. The fourth-order valence-corrected chi connectivity index (χ4v) is 6.14. The van der Waals surface area contributed by atoms with Crippen molar-refractivity contribution >= 4 is 35.4 Å². The molecule has 3 aliphatic heterocycles. The molecule has 1 aliphatic carbocycles. The third-order valence-corrected chi connectivity index (χ3v) is 8.29. The van der Waals surface area contributed by atoms with Gasteiger partial charge in [-0.1, -0.05) is 0 Å². The lowest BCUT2D eigenvalue weighted by Gasteiger charge is -2.38. The minimum absolute atomic E-state index is 0.129. The molecule has 3 heterocycles. The van der Waals surface area contributed by atoms with Gasteiger partial charge in [-0.05, 0) is 75.2 Å². The number of anilines is 1. The minimum Gasteiger partial charge on any atom is -0.371 e. The fourth-order valence-electron chi connectivity index (χ4n) is 6.14. The largest absolute Gasteiger partial charge is 0.371 e. The van der Waals surface area contributed by atoms with Crippen molar-refractivity contribution in [3.63, 3.8) is 0 Å². The highest BCUT2D eigenvalue weighted by Gasteiger charge is 2.44. The number of aldehydes is 1. The molecule has 186 valence electrons. The van der Waals surface area contributed by atoms with Gasteiger partial charge in [-0.2, -0.15) is 0 Å². The van der Waals surface area contributed by atoms with Crippen LogP contribution in [0.3, 0.4) is 0 Å². The third kappa shape index (κ3) is 4.81. The molecule has 8 heteroatoms. The summed E-state index contributed by atoms with van der Waals surface area (Å²) in [6.07, 6.45) is 6.36. The zero-order chi connectivity index (χ0) is 24.5. The van der Waals surface area contributed by atoms with E-state index in [4.69, 9.17) is 0 Å². The van der Waals surface area contributed by atoms with E-state index in [0.717, 1.165) is 75.3 Å². The molecule has 3 fully saturated rings. The Morgan fingerprint density at radius 1 is 0.829 bits per heavy atom. The van der Waals surface area contributed by atoms with Crippen LogP contribution in [0.25, 0.3) is 0 Å². The molecule has 2 saturated heterocycles. The van der Waals surface area contributed by atoms with Crippen LogP contribution < -0.4 is 4.90 Å². The number of carbonyl (C=O) groups excluding carboxylic acids is 5. The van der Waals surface area contributed by atoms with Gasteiger partial charge in [0, 0.05) is 38.2 Å². The number of hydrogen-bond donors (Lipinski definition) is 0. The Kier molecular flexibility index (Phi) is 6.82. The average molecular weight is 480 g/mol. The standard InChI is InChI=1S/C27H33N3O5/c31-14-9-18-5-10-28(11-6-18)17-19-7-12-29(13-8-19)20-1-3-22-23(15-20)27(35)30(26(22)34)24-4-2-21(32)16-25(24)33/h1,3,14-15,18-19,24H,2,4-13,16-17H2. The average Bonchev–Trinajstić information content (AvgIpc) is 3.10. The summed E-state index contributed by atoms with van der Waals surface area (Å²) in [4.78, 5) is 66.7. The SMILES string of the molecule is O=CCC1CCN(CC2CCN(c3ccc4c(c3)C(=O)N(C3CCC(=O)CC3=O)C4=O)CC2)CC1. The van der Waals surface area contributed by atoms with E-state index in [1.807, 2.05) is 6.07 Å². The van der Waals surface area contributed by atoms with Crippen molar-refractivity contribution in [2.24, 2.45) is 11.8 Å². The Bertz CT molecular complexity index is 1040. The molecule has 0 N–H and O–H groups in total. The smallest absolute Gasteiger partial charge is 0.262 e. The summed E-state index contributed by atoms with van der Waals surface area (Å²) >= 11 is 0. The topological polar surface area (TPSA) is 95.1 Å². The van der Waals surface area contributed by atoms with Crippen molar-refractivity contribution in [3.05, 3.63) is 29.3 Å². The molecule has 1 unspecified atom stereocenters. The van der Waals surface area contributed by atoms with Gasteiger partial charge in [-0.25, -0.2) is 0 Å². The molecule has 5 rings (SSSR count). The van der Waals surface area contributed by atoms with Gasteiger partial charge in [-0.3, -0.25) is 24.1 Å². The molecule has 1 atom stereocenters. The lowest BCUT2D eigenvalue weighted by atomic mass is 9.91. The first-order chi connectivity index (χ1) is 16.9. The van der Waals surface area contributed by atoms with E-state index in [1.165, 1.54) is 0 Å². The molecular weight excluding hydrogens is 446 g/mol. The summed E-state index contributed by atoms with van der Waals surface area (Å²) < 4.78 is 0. The van der Waals surface area contributed by atoms with Crippen LogP contribution in [0.2, 0.25) is 0 Å². The first-order valence-corrected chi connectivity index (χ1v) is 12.9. The zero-order valence-corrected chi connectivity index (χ0v) is 20.1. The van der Waals surface area contributed by atoms with E-state index in [9.17, 15) is 24.0 Å². The number of amides is 2. The molecular formula is C27H33N3O5. The molecule has 1 aromatic rings. The fraction of sp³-hybridized carbons (Fsp3) is 0.593. The lowest BCUT2D eigenvalue weighted by Crippen LogP contribution is -2.47. The zero-order valence-electron chi connectivity index (χ0n) is 20.1. The van der Waals surface area contributed by atoms with E-state index in [1.54, 1.807) is 12.1 Å². The predicted octanol–water partition coefficient (Wildman–Crippen LogP) is 2.49. The van der Waals surface area contributed by atoms with Gasteiger partial charge in [0.25, 0.3) is 11.8 Å². The quantitative estimate of drug-likeness (QED) is 0.351. The first-order valence-electron chi connectivity index (χ1n) is 12.9. The van der Waals surface area contributed by atoms with E-state index in [-0.39, 0.29) is 30.8 Å². The normalized spacial score (nSPS) is 24.9. The second kappa shape index (κ2) is 10.0. The number of benzene rings is 1. The van der Waals surface area contributed by atoms with Gasteiger partial charge >= 0.3 is 0 Å². The van der Waals surface area contributed by atoms with Crippen molar-refractivity contribution < 1.29 is 24.0 Å². The first kappa shape index (κ1) is 23.9. The summed E-state index contributed by atoms with van der Waals surface area (Å²) in [5, 5.41) is 0. The number of piperidine rings is 2. The van der Waals surface area contributed by atoms with Crippen LogP contribution in [0.15, 0.2) is 18.2 Å². The molecule has 1 aromatic carbocycles. The molecule has 35 heavy (non-hydrogen) atoms. The lowest BCUT2D eigenvalue weighted by molar-refractivity contribution is -0.132. The van der Waals surface area contributed by atoms with Crippen LogP contribution in [0.4, 0.5) is 5.69 Å². The Hall–Kier alpha value is -2.87. The van der Waals surface area contributed by atoms with E-state index >= 15 is 0 Å². The van der Waals surface area contributed by atoms with E-state index in [0.29, 0.717) is 29.4 Å². The number of rotatable bonds is 6. The number of likely N-dealkylation sites (tertiary alicyclic amines) is 1. The number of fused-ring (bicyclic) bond motifs is 1. The Morgan fingerprint density at radius 3 is 2.20 bits per heavy atom. The maximum atomic E-state index is 13.1. The molecule has 0 bridgehead atoms. The van der Waals surface area contributed by atoms with Gasteiger partial charge in [-0.15, -0.1) is 0 Å². The molecule has 2 amide bonds. The molecule has 0 aromatic heterocycles. The maximum Gasteiger partial charge on any atom is 0.262 e. The highest BCUT2D eigenvalue weighted by Crippen LogP contribution is 2.33. The molecule has 4 aliphatic rings. The van der Waals surface area contributed by atoms with Crippen LogP contribution in [0.5, 0.6) is 0 Å². The van der Waals surface area contributed by atoms with Crippen LogP contribution in [0, 0.1) is 11.8 Å².